The van der Waals surface area contributed by atoms with Gasteiger partial charge < -0.3 is 10.1 Å². The summed E-state index contributed by atoms with van der Waals surface area (Å²) in [6, 6.07) is 3.84. The zero-order valence-corrected chi connectivity index (χ0v) is 13.5. The fourth-order valence-electron chi connectivity index (χ4n) is 2.14. The van der Waals surface area contributed by atoms with Crippen LogP contribution >= 0.6 is 15.9 Å². The van der Waals surface area contributed by atoms with E-state index in [1.165, 1.54) is 0 Å². The monoisotopic (exact) mass is 338 g/mol. The second-order valence-electron chi connectivity index (χ2n) is 4.48. The lowest BCUT2D eigenvalue weighted by atomic mass is 10.1. The maximum atomic E-state index is 5.42. The Hall–Kier alpha value is -1.40. The lowest BCUT2D eigenvalue weighted by Crippen LogP contribution is -2.27. The van der Waals surface area contributed by atoms with E-state index in [0.29, 0.717) is 0 Å². The topological polar surface area (TPSA) is 52.0 Å². The van der Waals surface area contributed by atoms with Crippen molar-refractivity contribution < 1.29 is 4.74 Å². The molecule has 0 fully saturated rings. The molecule has 6 heteroatoms. The Morgan fingerprint density at radius 3 is 2.95 bits per heavy atom. The smallest absolute Gasteiger partial charge is 0.161 e. The molecule has 0 aliphatic rings. The first-order valence-electron chi connectivity index (χ1n) is 6.58. The molecule has 0 radical (unpaired) electrons. The van der Waals surface area contributed by atoms with Gasteiger partial charge in [-0.25, -0.2) is 0 Å². The zero-order chi connectivity index (χ0) is 14.5. The van der Waals surface area contributed by atoms with Crippen molar-refractivity contribution in [3.63, 3.8) is 0 Å². The Balaban J connectivity index is 2.47. The van der Waals surface area contributed by atoms with Crippen molar-refractivity contribution in [1.29, 1.82) is 0 Å². The standard InChI is InChI=1S/C14H19BrN4O/c1-4-7-16-13(12-10(15)6-5-8-17-12)14-11(20-3)9-18-19(14)2/h5-6,8-9,13,16H,4,7H2,1-3H3. The van der Waals surface area contributed by atoms with Gasteiger partial charge >= 0.3 is 0 Å². The molecule has 2 aromatic rings. The highest BCUT2D eigenvalue weighted by atomic mass is 79.9. The fourth-order valence-corrected chi connectivity index (χ4v) is 2.62. The van der Waals surface area contributed by atoms with Gasteiger partial charge in [-0.3, -0.25) is 9.67 Å². The predicted octanol–water partition coefficient (Wildman–Crippen LogP) is 2.68. The highest BCUT2D eigenvalue weighted by Crippen LogP contribution is 2.31. The average Bonchev–Trinajstić information content (AvgIpc) is 2.82. The molecule has 0 saturated carbocycles. The molecule has 0 bridgehead atoms. The van der Waals surface area contributed by atoms with Crippen LogP contribution in [0.1, 0.15) is 30.8 Å². The Bertz CT molecular complexity index is 570. The number of nitrogens with one attached hydrogen (secondary N) is 1. The normalized spacial score (nSPS) is 12.4. The number of rotatable bonds is 6. The zero-order valence-electron chi connectivity index (χ0n) is 11.9. The van der Waals surface area contributed by atoms with Crippen LogP contribution in [0, 0.1) is 0 Å². The number of pyridine rings is 1. The van der Waals surface area contributed by atoms with Gasteiger partial charge in [0.15, 0.2) is 5.75 Å². The molecule has 0 amide bonds. The highest BCUT2D eigenvalue weighted by molar-refractivity contribution is 9.10. The second-order valence-corrected chi connectivity index (χ2v) is 5.33. The van der Waals surface area contributed by atoms with Gasteiger partial charge in [0.05, 0.1) is 25.0 Å². The first-order chi connectivity index (χ1) is 9.69. The van der Waals surface area contributed by atoms with Gasteiger partial charge in [0, 0.05) is 17.7 Å². The molecule has 108 valence electrons. The van der Waals surface area contributed by atoms with Crippen molar-refractivity contribution in [3.05, 3.63) is 40.4 Å². The van der Waals surface area contributed by atoms with E-state index < -0.39 is 0 Å². The van der Waals surface area contributed by atoms with Crippen LogP contribution in [0.3, 0.4) is 0 Å². The summed E-state index contributed by atoms with van der Waals surface area (Å²) in [6.07, 6.45) is 4.57. The van der Waals surface area contributed by atoms with E-state index in [-0.39, 0.29) is 6.04 Å². The minimum absolute atomic E-state index is 0.0621. The van der Waals surface area contributed by atoms with Gasteiger partial charge in [0.1, 0.15) is 5.69 Å². The molecule has 2 rings (SSSR count). The molecule has 1 atom stereocenters. The van der Waals surface area contributed by atoms with E-state index in [9.17, 15) is 0 Å². The van der Waals surface area contributed by atoms with Crippen LogP contribution in [-0.2, 0) is 7.05 Å². The quantitative estimate of drug-likeness (QED) is 0.879. The fraction of sp³-hybridized carbons (Fsp3) is 0.429. The highest BCUT2D eigenvalue weighted by Gasteiger charge is 2.24. The van der Waals surface area contributed by atoms with Crippen LogP contribution in [0.15, 0.2) is 29.0 Å². The van der Waals surface area contributed by atoms with E-state index >= 15 is 0 Å². The molecule has 0 aliphatic heterocycles. The third kappa shape index (κ3) is 3.02. The number of aryl methyl sites for hydroxylation is 1. The Labute approximate surface area is 127 Å². The average molecular weight is 339 g/mol. The third-order valence-electron chi connectivity index (χ3n) is 3.10. The molecule has 0 saturated heterocycles. The van der Waals surface area contributed by atoms with Crippen molar-refractivity contribution in [1.82, 2.24) is 20.1 Å². The number of hydrogen-bond acceptors (Lipinski definition) is 4. The summed E-state index contributed by atoms with van der Waals surface area (Å²) in [6.45, 7) is 3.03. The van der Waals surface area contributed by atoms with Crippen molar-refractivity contribution in [2.24, 2.45) is 7.05 Å². The van der Waals surface area contributed by atoms with E-state index in [1.54, 1.807) is 19.5 Å². The van der Waals surface area contributed by atoms with E-state index in [2.05, 4.69) is 38.3 Å². The van der Waals surface area contributed by atoms with Crippen LogP contribution < -0.4 is 10.1 Å². The first kappa shape index (κ1) is 15.0. The molecule has 0 spiro atoms. The van der Waals surface area contributed by atoms with Gasteiger partial charge in [-0.15, -0.1) is 0 Å². The maximum absolute atomic E-state index is 5.42. The van der Waals surface area contributed by atoms with Crippen LogP contribution in [0.4, 0.5) is 0 Å². The van der Waals surface area contributed by atoms with E-state index in [4.69, 9.17) is 4.74 Å². The summed E-state index contributed by atoms with van der Waals surface area (Å²) < 4.78 is 8.22. The van der Waals surface area contributed by atoms with Crippen molar-refractivity contribution in [3.8, 4) is 5.75 Å². The van der Waals surface area contributed by atoms with Gasteiger partial charge in [-0.2, -0.15) is 5.10 Å². The number of ether oxygens (including phenoxy) is 1. The first-order valence-corrected chi connectivity index (χ1v) is 7.38. The van der Waals surface area contributed by atoms with Crippen molar-refractivity contribution in [2.75, 3.05) is 13.7 Å². The third-order valence-corrected chi connectivity index (χ3v) is 3.77. The minimum atomic E-state index is -0.0621. The number of aromatic nitrogens is 3. The number of nitrogens with zero attached hydrogens (tertiary/aromatic N) is 3. The molecule has 1 unspecified atom stereocenters. The van der Waals surface area contributed by atoms with Crippen LogP contribution in [0.25, 0.3) is 0 Å². The molecule has 0 aromatic carbocycles. The molecule has 20 heavy (non-hydrogen) atoms. The van der Waals surface area contributed by atoms with Crippen LogP contribution in [-0.4, -0.2) is 28.4 Å². The Kier molecular flexibility index (Phi) is 5.14. The van der Waals surface area contributed by atoms with Gasteiger partial charge in [0.25, 0.3) is 0 Å². The van der Waals surface area contributed by atoms with Crippen LogP contribution in [0.2, 0.25) is 0 Å². The lowest BCUT2D eigenvalue weighted by Gasteiger charge is -2.20. The van der Waals surface area contributed by atoms with E-state index in [1.807, 2.05) is 23.9 Å². The summed E-state index contributed by atoms with van der Waals surface area (Å²) in [7, 11) is 3.57. The number of halogens is 1. The lowest BCUT2D eigenvalue weighted by molar-refractivity contribution is 0.399. The summed E-state index contributed by atoms with van der Waals surface area (Å²) in [5, 5.41) is 7.79. The molecule has 5 nitrogen and oxygen atoms in total. The van der Waals surface area contributed by atoms with E-state index in [0.717, 1.165) is 34.6 Å². The summed E-state index contributed by atoms with van der Waals surface area (Å²) in [4.78, 5) is 4.50. The largest absolute Gasteiger partial charge is 0.493 e. The van der Waals surface area contributed by atoms with Gasteiger partial charge in [-0.1, -0.05) is 6.92 Å². The molecular formula is C14H19BrN4O. The maximum Gasteiger partial charge on any atom is 0.161 e. The minimum Gasteiger partial charge on any atom is -0.493 e. The number of methoxy groups -OCH3 is 1. The molecule has 0 aliphatic carbocycles. The van der Waals surface area contributed by atoms with Crippen molar-refractivity contribution in [2.45, 2.75) is 19.4 Å². The number of hydrogen-bond donors (Lipinski definition) is 1. The Morgan fingerprint density at radius 1 is 1.50 bits per heavy atom. The SMILES string of the molecule is CCCNC(c1ncccc1Br)c1c(OC)cnn1C. The van der Waals surface area contributed by atoms with Gasteiger partial charge in [-0.05, 0) is 41.0 Å². The summed E-state index contributed by atoms with van der Waals surface area (Å²) >= 11 is 3.57. The molecule has 2 heterocycles. The predicted molar refractivity (Wildman–Crippen MR) is 81.8 cm³/mol. The summed E-state index contributed by atoms with van der Waals surface area (Å²) in [5.74, 6) is 0.763. The van der Waals surface area contributed by atoms with Crippen molar-refractivity contribution >= 4 is 15.9 Å². The second kappa shape index (κ2) is 6.85. The molecule has 2 aromatic heterocycles. The summed E-state index contributed by atoms with van der Waals surface area (Å²) in [5.41, 5.74) is 1.91. The Morgan fingerprint density at radius 2 is 2.30 bits per heavy atom. The molecular weight excluding hydrogens is 320 g/mol. The van der Waals surface area contributed by atoms with Gasteiger partial charge in [0.2, 0.25) is 0 Å². The van der Waals surface area contributed by atoms with Crippen LogP contribution in [0.5, 0.6) is 5.75 Å². The molecule has 1 N–H and O–H groups in total.